The van der Waals surface area contributed by atoms with Crippen molar-refractivity contribution in [3.05, 3.63) is 82.9 Å². The number of carbonyl (C=O) groups is 2. The Kier molecular flexibility index (Phi) is 10.4. The molecule has 0 bridgehead atoms. The topological polar surface area (TPSA) is 105 Å². The van der Waals surface area contributed by atoms with Crippen LogP contribution in [0.5, 0.6) is 11.5 Å². The number of likely N-dealkylation sites (N-methyl/N-ethyl adjacent to an activating group) is 1. The van der Waals surface area contributed by atoms with Gasteiger partial charge in [-0.1, -0.05) is 35.9 Å². The van der Waals surface area contributed by atoms with Crippen LogP contribution in [0.25, 0.3) is 0 Å². The molecule has 0 aliphatic carbocycles. The third-order valence-corrected chi connectivity index (χ3v) is 8.44. The summed E-state index contributed by atoms with van der Waals surface area (Å²) in [4.78, 5) is 28.3. The quantitative estimate of drug-likeness (QED) is 0.341. The Balaban J connectivity index is 2.11. The van der Waals surface area contributed by atoms with Gasteiger partial charge in [-0.05, 0) is 75.6 Å². The molecule has 0 saturated carbocycles. The van der Waals surface area contributed by atoms with Crippen molar-refractivity contribution >= 4 is 27.5 Å². The zero-order valence-corrected chi connectivity index (χ0v) is 25.5. The number of nitrogens with zero attached hydrogens (tertiary/aromatic N) is 2. The molecule has 3 aromatic rings. The van der Waals surface area contributed by atoms with Gasteiger partial charge in [-0.15, -0.1) is 0 Å². The second-order valence-electron chi connectivity index (χ2n) is 9.96. The van der Waals surface area contributed by atoms with E-state index in [-0.39, 0.29) is 23.1 Å². The Morgan fingerprint density at radius 1 is 0.878 bits per heavy atom. The van der Waals surface area contributed by atoms with Crippen LogP contribution in [0, 0.1) is 20.8 Å². The summed E-state index contributed by atoms with van der Waals surface area (Å²) >= 11 is 0. The summed E-state index contributed by atoms with van der Waals surface area (Å²) < 4.78 is 40.0. The molecule has 9 nitrogen and oxygen atoms in total. The Morgan fingerprint density at radius 2 is 1.54 bits per heavy atom. The van der Waals surface area contributed by atoms with Crippen LogP contribution in [-0.4, -0.2) is 58.5 Å². The average Bonchev–Trinajstić information content (AvgIpc) is 2.93. The van der Waals surface area contributed by atoms with Crippen LogP contribution in [0.15, 0.2) is 65.6 Å². The van der Waals surface area contributed by atoms with E-state index in [2.05, 4.69) is 5.32 Å². The molecule has 0 aliphatic rings. The van der Waals surface area contributed by atoms with Gasteiger partial charge in [0.15, 0.2) is 11.5 Å². The van der Waals surface area contributed by atoms with Gasteiger partial charge in [-0.25, -0.2) is 8.42 Å². The van der Waals surface area contributed by atoms with Gasteiger partial charge in [0.2, 0.25) is 11.8 Å². The van der Waals surface area contributed by atoms with Gasteiger partial charge in [0.25, 0.3) is 10.0 Å². The van der Waals surface area contributed by atoms with Gasteiger partial charge >= 0.3 is 0 Å². The summed E-state index contributed by atoms with van der Waals surface area (Å²) in [6.45, 7) is 9.13. The predicted octanol–water partition coefficient (Wildman–Crippen LogP) is 4.38. The second-order valence-corrected chi connectivity index (χ2v) is 11.8. The maximum atomic E-state index is 14.2. The number of hydrogen-bond acceptors (Lipinski definition) is 6. The second kappa shape index (κ2) is 13.5. The molecule has 220 valence electrons. The fourth-order valence-corrected chi connectivity index (χ4v) is 6.05. The van der Waals surface area contributed by atoms with Crippen LogP contribution in [0.2, 0.25) is 0 Å². The number of amides is 2. The van der Waals surface area contributed by atoms with Crippen molar-refractivity contribution in [2.24, 2.45) is 0 Å². The van der Waals surface area contributed by atoms with E-state index >= 15 is 0 Å². The highest BCUT2D eigenvalue weighted by Gasteiger charge is 2.33. The number of rotatable bonds is 12. The summed E-state index contributed by atoms with van der Waals surface area (Å²) in [6.07, 6.45) is 0. The first kappa shape index (κ1) is 31.5. The minimum Gasteiger partial charge on any atom is -0.493 e. The zero-order valence-electron chi connectivity index (χ0n) is 24.7. The van der Waals surface area contributed by atoms with Crippen molar-refractivity contribution in [3.8, 4) is 11.5 Å². The Labute approximate surface area is 243 Å². The molecular formula is C31H39N3O6S. The van der Waals surface area contributed by atoms with Crippen LogP contribution in [0.4, 0.5) is 5.69 Å². The molecule has 3 rings (SSSR count). The van der Waals surface area contributed by atoms with E-state index in [1.807, 2.05) is 51.1 Å². The van der Waals surface area contributed by atoms with Crippen LogP contribution < -0.4 is 19.1 Å². The van der Waals surface area contributed by atoms with E-state index in [9.17, 15) is 18.0 Å². The molecule has 0 aromatic heterocycles. The maximum absolute atomic E-state index is 14.2. The van der Waals surface area contributed by atoms with Crippen LogP contribution in [0.1, 0.15) is 36.1 Å². The normalized spacial score (nSPS) is 11.9. The lowest BCUT2D eigenvalue weighted by atomic mass is 10.1. The number of benzene rings is 3. The van der Waals surface area contributed by atoms with Crippen molar-refractivity contribution in [1.29, 1.82) is 0 Å². The lowest BCUT2D eigenvalue weighted by Gasteiger charge is -2.32. The van der Waals surface area contributed by atoms with E-state index in [4.69, 9.17) is 9.47 Å². The third-order valence-electron chi connectivity index (χ3n) is 6.67. The number of sulfonamides is 1. The summed E-state index contributed by atoms with van der Waals surface area (Å²) in [5, 5.41) is 2.77. The van der Waals surface area contributed by atoms with Crippen molar-refractivity contribution in [2.45, 2.75) is 52.1 Å². The number of aryl methyl sites for hydroxylation is 3. The van der Waals surface area contributed by atoms with E-state index < -0.39 is 28.5 Å². The molecule has 1 unspecified atom stereocenters. The van der Waals surface area contributed by atoms with Crippen LogP contribution in [-0.2, 0) is 26.2 Å². The molecule has 1 N–H and O–H groups in total. The van der Waals surface area contributed by atoms with Crippen molar-refractivity contribution in [1.82, 2.24) is 10.2 Å². The summed E-state index contributed by atoms with van der Waals surface area (Å²) in [7, 11) is -1.37. The van der Waals surface area contributed by atoms with E-state index in [0.29, 0.717) is 18.0 Å². The van der Waals surface area contributed by atoms with Crippen LogP contribution in [0.3, 0.4) is 0 Å². The summed E-state index contributed by atoms with van der Waals surface area (Å²) in [5.41, 5.74) is 3.86. The molecule has 2 amide bonds. The average molecular weight is 582 g/mol. The third kappa shape index (κ3) is 7.58. The predicted molar refractivity (Wildman–Crippen MR) is 160 cm³/mol. The van der Waals surface area contributed by atoms with Crippen LogP contribution >= 0.6 is 0 Å². The summed E-state index contributed by atoms with van der Waals surface area (Å²) in [5.74, 6) is -0.227. The summed E-state index contributed by atoms with van der Waals surface area (Å²) in [6, 6.07) is 16.5. The molecule has 0 fully saturated rings. The number of nitrogens with one attached hydrogen (secondary N) is 1. The minimum absolute atomic E-state index is 0.0656. The molecule has 1 atom stereocenters. The number of anilines is 1. The first-order valence-electron chi connectivity index (χ1n) is 13.4. The van der Waals surface area contributed by atoms with Gasteiger partial charge in [0.1, 0.15) is 12.6 Å². The fourth-order valence-electron chi connectivity index (χ4n) is 4.64. The molecule has 0 spiro atoms. The molecule has 10 heteroatoms. The number of hydrogen-bond donors (Lipinski definition) is 1. The number of methoxy groups -OCH3 is 2. The molecule has 0 aliphatic heterocycles. The number of ether oxygens (including phenoxy) is 2. The van der Waals surface area contributed by atoms with E-state index in [1.54, 1.807) is 26.0 Å². The fraction of sp³-hybridized carbons (Fsp3) is 0.355. The zero-order chi connectivity index (χ0) is 30.3. The largest absolute Gasteiger partial charge is 0.493 e. The van der Waals surface area contributed by atoms with Crippen molar-refractivity contribution in [3.63, 3.8) is 0 Å². The molecule has 0 radical (unpaired) electrons. The first-order chi connectivity index (χ1) is 19.4. The molecule has 3 aromatic carbocycles. The smallest absolute Gasteiger partial charge is 0.264 e. The van der Waals surface area contributed by atoms with Gasteiger partial charge < -0.3 is 19.7 Å². The highest BCUT2D eigenvalue weighted by molar-refractivity contribution is 7.92. The molecular weight excluding hydrogens is 542 g/mol. The molecule has 41 heavy (non-hydrogen) atoms. The lowest BCUT2D eigenvalue weighted by molar-refractivity contribution is -0.139. The highest BCUT2D eigenvalue weighted by Crippen LogP contribution is 2.33. The van der Waals surface area contributed by atoms with Crippen molar-refractivity contribution < 1.29 is 27.5 Å². The first-order valence-corrected chi connectivity index (χ1v) is 14.8. The standard InChI is InChI=1S/C31H39N3O6S/c1-8-32-31(36)24(5)33(19-25-11-9-10-21(2)15-25)30(35)20-34(26-16-22(3)14-23(4)17-26)41(37,38)27-12-13-28(39-6)29(18-27)40-7/h9-18,24H,8,19-20H2,1-7H3,(H,32,36). The van der Waals surface area contributed by atoms with E-state index in [1.165, 1.54) is 37.3 Å². The lowest BCUT2D eigenvalue weighted by Crippen LogP contribution is -2.51. The Hall–Kier alpha value is -4.05. The van der Waals surface area contributed by atoms with Gasteiger partial charge in [0, 0.05) is 19.2 Å². The number of carbonyl (C=O) groups excluding carboxylic acids is 2. The minimum atomic E-state index is -4.26. The van der Waals surface area contributed by atoms with Gasteiger partial charge in [-0.2, -0.15) is 0 Å². The Bertz CT molecular complexity index is 1490. The highest BCUT2D eigenvalue weighted by atomic mass is 32.2. The van der Waals surface area contributed by atoms with E-state index in [0.717, 1.165) is 26.6 Å². The van der Waals surface area contributed by atoms with Crippen molar-refractivity contribution in [2.75, 3.05) is 31.6 Å². The maximum Gasteiger partial charge on any atom is 0.264 e. The Morgan fingerprint density at radius 3 is 2.12 bits per heavy atom. The van der Waals surface area contributed by atoms with Gasteiger partial charge in [0.05, 0.1) is 24.8 Å². The monoisotopic (exact) mass is 581 g/mol. The molecule has 0 saturated heterocycles. The SMILES string of the molecule is CCNC(=O)C(C)N(Cc1cccc(C)c1)C(=O)CN(c1cc(C)cc(C)c1)S(=O)(=O)c1ccc(OC)c(OC)c1. The molecule has 0 heterocycles. The van der Waals surface area contributed by atoms with Gasteiger partial charge in [-0.3, -0.25) is 13.9 Å².